The molecule has 1 N–H and O–H groups in total. The van der Waals surface area contributed by atoms with Crippen LogP contribution < -0.4 is 10.1 Å². The molecule has 88 valence electrons. The van der Waals surface area contributed by atoms with Crippen molar-refractivity contribution in [3.05, 3.63) is 40.4 Å². The van der Waals surface area contributed by atoms with Gasteiger partial charge in [-0.25, -0.2) is 0 Å². The van der Waals surface area contributed by atoms with Crippen molar-refractivity contribution in [2.75, 3.05) is 20.7 Å². The number of nitrogens with one attached hydrogen (secondary N) is 1. The van der Waals surface area contributed by atoms with E-state index in [0.717, 1.165) is 29.6 Å². The molecule has 0 amide bonds. The normalized spacial score (nSPS) is 10.9. The van der Waals surface area contributed by atoms with E-state index in [1.807, 2.05) is 13.1 Å². The number of methoxy groups -OCH3 is 1. The summed E-state index contributed by atoms with van der Waals surface area (Å²) in [5.74, 6) is 0.878. The summed E-state index contributed by atoms with van der Waals surface area (Å²) < 4.78 is 6.19. The lowest BCUT2D eigenvalue weighted by Gasteiger charge is -2.04. The first-order valence-corrected chi connectivity index (χ1v) is 6.19. The second kappa shape index (κ2) is 7.47. The monoisotopic (exact) mass is 283 g/mol. The average molecular weight is 284 g/mol. The predicted octanol–water partition coefficient (Wildman–Crippen LogP) is 3.17. The maximum atomic E-state index is 5.18. The van der Waals surface area contributed by atoms with Crippen LogP contribution in [-0.4, -0.2) is 20.7 Å². The molecule has 0 bridgehead atoms. The number of hydrogen-bond donors (Lipinski definition) is 1. The summed E-state index contributed by atoms with van der Waals surface area (Å²) in [6.07, 6.45) is 6.44. The fourth-order valence-corrected chi connectivity index (χ4v) is 1.99. The van der Waals surface area contributed by atoms with Gasteiger partial charge in [0.1, 0.15) is 5.75 Å². The minimum atomic E-state index is 0.878. The molecule has 0 fully saturated rings. The third-order valence-corrected chi connectivity index (χ3v) is 2.92. The topological polar surface area (TPSA) is 21.3 Å². The van der Waals surface area contributed by atoms with Gasteiger partial charge in [0, 0.05) is 0 Å². The van der Waals surface area contributed by atoms with Crippen LogP contribution in [0.2, 0.25) is 0 Å². The Labute approximate surface area is 106 Å². The summed E-state index contributed by atoms with van der Waals surface area (Å²) in [5, 5.41) is 3.12. The van der Waals surface area contributed by atoms with E-state index in [2.05, 4.69) is 45.5 Å². The van der Waals surface area contributed by atoms with Crippen molar-refractivity contribution in [3.63, 3.8) is 0 Å². The largest absolute Gasteiger partial charge is 0.496 e. The average Bonchev–Trinajstić information content (AvgIpc) is 2.29. The van der Waals surface area contributed by atoms with Crippen molar-refractivity contribution in [1.82, 2.24) is 5.32 Å². The van der Waals surface area contributed by atoms with Crippen molar-refractivity contribution in [3.8, 4) is 5.75 Å². The number of rotatable bonds is 6. The molecule has 1 aromatic carbocycles. The molecule has 1 aromatic rings. The summed E-state index contributed by atoms with van der Waals surface area (Å²) in [7, 11) is 3.64. The quantitative estimate of drug-likeness (QED) is 0.640. The fraction of sp³-hybridized carbons (Fsp3) is 0.385. The smallest absolute Gasteiger partial charge is 0.133 e. The molecule has 0 spiro atoms. The van der Waals surface area contributed by atoms with Crippen LogP contribution in [0.5, 0.6) is 5.75 Å². The predicted molar refractivity (Wildman–Crippen MR) is 72.1 cm³/mol. The highest BCUT2D eigenvalue weighted by Crippen LogP contribution is 2.25. The van der Waals surface area contributed by atoms with Gasteiger partial charge in [-0.15, -0.1) is 0 Å². The van der Waals surface area contributed by atoms with Gasteiger partial charge >= 0.3 is 0 Å². The first-order chi connectivity index (χ1) is 7.77. The van der Waals surface area contributed by atoms with E-state index >= 15 is 0 Å². The maximum absolute atomic E-state index is 5.18. The van der Waals surface area contributed by atoms with E-state index in [0.29, 0.717) is 0 Å². The number of halogens is 1. The number of hydrogen-bond acceptors (Lipinski definition) is 2. The Kier molecular flexibility index (Phi) is 6.19. The molecule has 0 aliphatic carbocycles. The Morgan fingerprint density at radius 2 is 2.19 bits per heavy atom. The highest BCUT2D eigenvalue weighted by atomic mass is 79.9. The van der Waals surface area contributed by atoms with E-state index in [9.17, 15) is 0 Å². The van der Waals surface area contributed by atoms with Crippen molar-refractivity contribution in [1.29, 1.82) is 0 Å². The molecule has 0 saturated carbocycles. The van der Waals surface area contributed by atoms with Gasteiger partial charge in [0.15, 0.2) is 0 Å². The van der Waals surface area contributed by atoms with Gasteiger partial charge in [-0.3, -0.25) is 0 Å². The van der Waals surface area contributed by atoms with Crippen molar-refractivity contribution < 1.29 is 4.74 Å². The lowest BCUT2D eigenvalue weighted by Crippen LogP contribution is -2.05. The standard InChI is InChI=1S/C13H18BrNO/c1-15-9-5-3-4-6-11-7-8-13(16-2)12(14)10-11/h3-4,7-8,10,15H,5-6,9H2,1-2H3. The summed E-state index contributed by atoms with van der Waals surface area (Å²) >= 11 is 3.48. The minimum absolute atomic E-state index is 0.878. The Bertz CT molecular complexity index is 350. The zero-order chi connectivity index (χ0) is 11.8. The van der Waals surface area contributed by atoms with E-state index < -0.39 is 0 Å². The lowest BCUT2D eigenvalue weighted by molar-refractivity contribution is 0.412. The zero-order valence-electron chi connectivity index (χ0n) is 9.79. The van der Waals surface area contributed by atoms with Gasteiger partial charge in [0.05, 0.1) is 11.6 Å². The zero-order valence-corrected chi connectivity index (χ0v) is 11.4. The van der Waals surface area contributed by atoms with Crippen LogP contribution in [0.4, 0.5) is 0 Å². The van der Waals surface area contributed by atoms with E-state index in [4.69, 9.17) is 4.74 Å². The van der Waals surface area contributed by atoms with Crippen LogP contribution >= 0.6 is 15.9 Å². The Balaban J connectivity index is 2.48. The number of ether oxygens (including phenoxy) is 1. The number of allylic oxidation sites excluding steroid dienone is 1. The third-order valence-electron chi connectivity index (χ3n) is 2.30. The maximum Gasteiger partial charge on any atom is 0.133 e. The first-order valence-electron chi connectivity index (χ1n) is 5.40. The van der Waals surface area contributed by atoms with Gasteiger partial charge in [-0.2, -0.15) is 0 Å². The molecule has 1 rings (SSSR count). The highest BCUT2D eigenvalue weighted by molar-refractivity contribution is 9.10. The van der Waals surface area contributed by atoms with Crippen molar-refractivity contribution in [2.45, 2.75) is 12.8 Å². The fourth-order valence-electron chi connectivity index (χ4n) is 1.40. The second-order valence-corrected chi connectivity index (χ2v) is 4.39. The van der Waals surface area contributed by atoms with E-state index in [1.165, 1.54) is 5.56 Å². The van der Waals surface area contributed by atoms with Crippen LogP contribution in [0.3, 0.4) is 0 Å². The molecule has 0 heterocycles. The molecule has 0 aliphatic rings. The van der Waals surface area contributed by atoms with Crippen molar-refractivity contribution >= 4 is 15.9 Å². The molecule has 0 aromatic heterocycles. The van der Waals surface area contributed by atoms with Gasteiger partial charge < -0.3 is 10.1 Å². The number of benzene rings is 1. The van der Waals surface area contributed by atoms with Gasteiger partial charge in [0.25, 0.3) is 0 Å². The van der Waals surface area contributed by atoms with Crippen LogP contribution in [0, 0.1) is 0 Å². The van der Waals surface area contributed by atoms with Gasteiger partial charge in [-0.1, -0.05) is 18.2 Å². The SMILES string of the molecule is CNCCC=CCc1ccc(OC)c(Br)c1. The van der Waals surface area contributed by atoms with E-state index in [-0.39, 0.29) is 0 Å². The molecule has 3 heteroatoms. The van der Waals surface area contributed by atoms with Gasteiger partial charge in [-0.05, 0) is 60.1 Å². The van der Waals surface area contributed by atoms with Crippen LogP contribution in [0.1, 0.15) is 12.0 Å². The lowest BCUT2D eigenvalue weighted by atomic mass is 10.1. The van der Waals surface area contributed by atoms with E-state index in [1.54, 1.807) is 7.11 Å². The summed E-state index contributed by atoms with van der Waals surface area (Å²) in [5.41, 5.74) is 1.29. The molecule has 0 aliphatic heterocycles. The van der Waals surface area contributed by atoms with Crippen LogP contribution in [-0.2, 0) is 6.42 Å². The minimum Gasteiger partial charge on any atom is -0.496 e. The van der Waals surface area contributed by atoms with Crippen LogP contribution in [0.15, 0.2) is 34.8 Å². The Morgan fingerprint density at radius 3 is 2.81 bits per heavy atom. The molecule has 0 radical (unpaired) electrons. The molecule has 16 heavy (non-hydrogen) atoms. The molecule has 0 saturated heterocycles. The summed E-state index contributed by atoms with van der Waals surface area (Å²) in [6, 6.07) is 6.17. The van der Waals surface area contributed by atoms with Gasteiger partial charge in [0.2, 0.25) is 0 Å². The molecular weight excluding hydrogens is 266 g/mol. The second-order valence-electron chi connectivity index (χ2n) is 3.54. The summed E-state index contributed by atoms with van der Waals surface area (Å²) in [6.45, 7) is 1.03. The molecule has 2 nitrogen and oxygen atoms in total. The first kappa shape index (κ1) is 13.3. The van der Waals surface area contributed by atoms with Crippen LogP contribution in [0.25, 0.3) is 0 Å². The molecule has 0 atom stereocenters. The Morgan fingerprint density at radius 1 is 1.38 bits per heavy atom. The third kappa shape index (κ3) is 4.37. The Hall–Kier alpha value is -0.800. The summed E-state index contributed by atoms with van der Waals surface area (Å²) in [4.78, 5) is 0. The molecular formula is C13H18BrNO. The highest BCUT2D eigenvalue weighted by Gasteiger charge is 1.99. The molecule has 0 unspecified atom stereocenters. The van der Waals surface area contributed by atoms with Crippen molar-refractivity contribution in [2.24, 2.45) is 0 Å².